The molecule has 2 aromatic carbocycles. The maximum atomic E-state index is 14.4. The van der Waals surface area contributed by atoms with E-state index in [0.29, 0.717) is 30.3 Å². The average molecular weight is 577 g/mol. The maximum Gasteiger partial charge on any atom is 0.172 e. The van der Waals surface area contributed by atoms with Gasteiger partial charge in [-0.05, 0) is 58.8 Å². The molecule has 1 saturated heterocycles. The van der Waals surface area contributed by atoms with Crippen LogP contribution < -0.4 is 5.32 Å². The van der Waals surface area contributed by atoms with Crippen molar-refractivity contribution in [3.63, 3.8) is 0 Å². The third-order valence-corrected chi connectivity index (χ3v) is 9.30. The van der Waals surface area contributed by atoms with Gasteiger partial charge in [0.15, 0.2) is 5.65 Å². The van der Waals surface area contributed by atoms with Crippen molar-refractivity contribution in [1.82, 2.24) is 18.9 Å². The number of piperidine rings is 1. The second-order valence-corrected chi connectivity index (χ2v) is 12.1. The van der Waals surface area contributed by atoms with E-state index in [-0.39, 0.29) is 10.8 Å². The Hall–Kier alpha value is -2.46. The number of hydrogen-bond donors (Lipinski definition) is 1. The number of nitrogens with zero attached hydrogens (tertiary/aromatic N) is 4. The van der Waals surface area contributed by atoms with Gasteiger partial charge < -0.3 is 5.32 Å². The number of benzene rings is 2. The zero-order chi connectivity index (χ0) is 24.6. The third kappa shape index (κ3) is 4.82. The SMILES string of the molecule is C=S(=O)(c1ccccc1F)N1CCCC(CNc2cc(-c3ccccc3Cl)nc3c(Br)cnn23)C1. The largest absolute Gasteiger partial charge is 0.370 e. The van der Waals surface area contributed by atoms with E-state index < -0.39 is 15.5 Å². The smallest absolute Gasteiger partial charge is 0.172 e. The second-order valence-electron chi connectivity index (χ2n) is 8.58. The molecule has 1 aliphatic heterocycles. The Morgan fingerprint density at radius 1 is 1.23 bits per heavy atom. The van der Waals surface area contributed by atoms with E-state index in [1.165, 1.54) is 6.07 Å². The minimum Gasteiger partial charge on any atom is -0.370 e. The monoisotopic (exact) mass is 575 g/mol. The molecular formula is C25H24BrClFN5OS. The molecule has 1 N–H and O–H groups in total. The molecule has 0 spiro atoms. The lowest BCUT2D eigenvalue weighted by molar-refractivity contribution is 0.284. The molecule has 0 bridgehead atoms. The van der Waals surface area contributed by atoms with Crippen LogP contribution >= 0.6 is 27.5 Å². The van der Waals surface area contributed by atoms with Gasteiger partial charge >= 0.3 is 0 Å². The highest BCUT2D eigenvalue weighted by molar-refractivity contribution is 9.10. The highest BCUT2D eigenvalue weighted by Crippen LogP contribution is 2.31. The van der Waals surface area contributed by atoms with E-state index in [2.05, 4.69) is 32.2 Å². The fourth-order valence-corrected chi connectivity index (χ4v) is 6.82. The quantitative estimate of drug-likeness (QED) is 0.296. The van der Waals surface area contributed by atoms with Crippen molar-refractivity contribution in [3.05, 3.63) is 76.1 Å². The first-order valence-corrected chi connectivity index (χ1v) is 14.1. The lowest BCUT2D eigenvalue weighted by Crippen LogP contribution is -2.42. The van der Waals surface area contributed by atoms with Gasteiger partial charge in [0.25, 0.3) is 0 Å². The van der Waals surface area contributed by atoms with Crippen LogP contribution in [0.1, 0.15) is 12.8 Å². The summed E-state index contributed by atoms with van der Waals surface area (Å²) in [6, 6.07) is 15.7. The second kappa shape index (κ2) is 9.89. The molecule has 6 nitrogen and oxygen atoms in total. The molecule has 1 aliphatic rings. The van der Waals surface area contributed by atoms with E-state index in [9.17, 15) is 8.60 Å². The first-order valence-electron chi connectivity index (χ1n) is 11.2. The summed E-state index contributed by atoms with van der Waals surface area (Å²) in [5, 5.41) is 8.57. The number of nitrogens with one attached hydrogen (secondary N) is 1. The summed E-state index contributed by atoms with van der Waals surface area (Å²) in [5.74, 6) is 4.42. The summed E-state index contributed by atoms with van der Waals surface area (Å²) in [5.41, 5.74) is 2.24. The Labute approximate surface area is 217 Å². The molecule has 0 aliphatic carbocycles. The van der Waals surface area contributed by atoms with Gasteiger partial charge in [0.05, 0.1) is 31.0 Å². The van der Waals surface area contributed by atoms with Crippen molar-refractivity contribution in [3.8, 4) is 11.3 Å². The number of hydrogen-bond acceptors (Lipinski definition) is 4. The fraction of sp³-hybridized carbons (Fsp3) is 0.240. The first-order chi connectivity index (χ1) is 16.8. The standard InChI is InChI=1S/C25H24BrClFN5OS/c1-35(34,23-11-5-4-10-21(23)28)32-12-6-7-17(16-32)14-29-24-13-22(18-8-2-3-9-20(18)27)31-25-19(26)15-30-33(24)25/h2-5,8-11,13,15,17,29H,1,6-7,12,14,16H2. The summed E-state index contributed by atoms with van der Waals surface area (Å²) in [7, 11) is -2.91. The molecule has 35 heavy (non-hydrogen) atoms. The summed E-state index contributed by atoms with van der Waals surface area (Å²) < 4.78 is 32.2. The number of fused-ring (bicyclic) bond motifs is 1. The predicted molar refractivity (Wildman–Crippen MR) is 144 cm³/mol. The minimum absolute atomic E-state index is 0.162. The first kappa shape index (κ1) is 24.2. The molecule has 10 heteroatoms. The summed E-state index contributed by atoms with van der Waals surface area (Å²) in [6.07, 6.45) is 3.53. The molecule has 0 amide bonds. The van der Waals surface area contributed by atoms with Crippen LogP contribution in [0.2, 0.25) is 5.02 Å². The van der Waals surface area contributed by atoms with Crippen LogP contribution in [-0.4, -0.2) is 48.6 Å². The van der Waals surface area contributed by atoms with E-state index in [1.54, 1.807) is 28.9 Å². The van der Waals surface area contributed by atoms with Gasteiger partial charge in [-0.25, -0.2) is 17.9 Å². The number of aromatic nitrogens is 3. The van der Waals surface area contributed by atoms with Gasteiger partial charge in [0, 0.05) is 36.3 Å². The van der Waals surface area contributed by atoms with Gasteiger partial charge in [-0.1, -0.05) is 41.9 Å². The normalized spacial score (nSPS) is 18.4. The van der Waals surface area contributed by atoms with E-state index >= 15 is 0 Å². The zero-order valence-corrected chi connectivity index (χ0v) is 22.0. The Kier molecular flexibility index (Phi) is 6.85. The Bertz CT molecular complexity index is 1490. The van der Waals surface area contributed by atoms with Crippen LogP contribution in [0.15, 0.2) is 70.2 Å². The summed E-state index contributed by atoms with van der Waals surface area (Å²) in [6.45, 7) is 1.80. The van der Waals surface area contributed by atoms with Crippen LogP contribution in [0.5, 0.6) is 0 Å². The number of rotatable bonds is 6. The molecule has 2 unspecified atom stereocenters. The molecule has 1 fully saturated rings. The molecule has 4 aromatic rings. The van der Waals surface area contributed by atoms with Crippen molar-refractivity contribution < 1.29 is 8.60 Å². The molecule has 2 aromatic heterocycles. The Morgan fingerprint density at radius 3 is 2.80 bits per heavy atom. The molecule has 3 heterocycles. The van der Waals surface area contributed by atoms with Crippen molar-refractivity contribution in [2.45, 2.75) is 17.7 Å². The average Bonchev–Trinajstić information content (AvgIpc) is 3.24. The van der Waals surface area contributed by atoms with Gasteiger partial charge in [-0.2, -0.15) is 9.61 Å². The minimum atomic E-state index is -2.91. The van der Waals surface area contributed by atoms with Crippen LogP contribution in [0, 0.1) is 11.7 Å². The Morgan fingerprint density at radius 2 is 2.00 bits per heavy atom. The molecule has 0 radical (unpaired) electrons. The van der Waals surface area contributed by atoms with Crippen LogP contribution in [0.4, 0.5) is 10.2 Å². The van der Waals surface area contributed by atoms with Gasteiger partial charge in [0.1, 0.15) is 11.6 Å². The van der Waals surface area contributed by atoms with Crippen molar-refractivity contribution in [2.24, 2.45) is 5.92 Å². The van der Waals surface area contributed by atoms with E-state index in [4.69, 9.17) is 16.6 Å². The van der Waals surface area contributed by atoms with Gasteiger partial charge in [-0.3, -0.25) is 0 Å². The highest BCUT2D eigenvalue weighted by Gasteiger charge is 2.28. The summed E-state index contributed by atoms with van der Waals surface area (Å²) in [4.78, 5) is 4.91. The maximum absolute atomic E-state index is 14.4. The molecule has 182 valence electrons. The van der Waals surface area contributed by atoms with E-state index in [0.717, 1.165) is 34.4 Å². The lowest BCUT2D eigenvalue weighted by Gasteiger charge is -2.35. The van der Waals surface area contributed by atoms with Crippen LogP contribution in [-0.2, 0) is 9.71 Å². The van der Waals surface area contributed by atoms with Crippen molar-refractivity contribution in [2.75, 3.05) is 25.0 Å². The lowest BCUT2D eigenvalue weighted by atomic mass is 10.00. The zero-order valence-electron chi connectivity index (χ0n) is 18.8. The third-order valence-electron chi connectivity index (χ3n) is 6.23. The molecule has 2 atom stereocenters. The molecule has 0 saturated carbocycles. The topological polar surface area (TPSA) is 62.5 Å². The molecular weight excluding hydrogens is 553 g/mol. The van der Waals surface area contributed by atoms with E-state index in [1.807, 2.05) is 34.6 Å². The molecule has 5 rings (SSSR count). The predicted octanol–water partition coefficient (Wildman–Crippen LogP) is 5.77. The van der Waals surface area contributed by atoms with Crippen LogP contribution in [0.25, 0.3) is 16.9 Å². The van der Waals surface area contributed by atoms with Crippen molar-refractivity contribution >= 4 is 54.6 Å². The van der Waals surface area contributed by atoms with Gasteiger partial charge in [-0.15, -0.1) is 0 Å². The number of halogens is 3. The van der Waals surface area contributed by atoms with Gasteiger partial charge in [0.2, 0.25) is 0 Å². The number of anilines is 1. The van der Waals surface area contributed by atoms with Crippen LogP contribution in [0.3, 0.4) is 0 Å². The highest BCUT2D eigenvalue weighted by atomic mass is 79.9. The van der Waals surface area contributed by atoms with Crippen molar-refractivity contribution in [1.29, 1.82) is 0 Å². The Balaban J connectivity index is 1.39. The fourth-order valence-electron chi connectivity index (χ4n) is 4.42. The summed E-state index contributed by atoms with van der Waals surface area (Å²) >= 11 is 9.96.